The molecule has 2 bridgehead atoms. The third-order valence-corrected chi connectivity index (χ3v) is 6.28. The normalized spacial score (nSPS) is 65.0. The van der Waals surface area contributed by atoms with E-state index in [1.54, 1.807) is 0 Å². The smallest absolute Gasteiger partial charge is 0.189 e. The Balaban J connectivity index is 1.39. The standard InChI is InChI=1S/C15H22O10/c1-14-9-13(23-5-2-15(9,20)11(22-5)10(14)25-14)24-12-8(19)7(18)6(17)4(3-16)21-12/h4-13,16-20H,2-3H2,1H3/t4-,5-,6-,7+,8-,9-,10+,11+,12+,13+,14-,15+/m1/s1. The van der Waals surface area contributed by atoms with Crippen LogP contribution in [-0.4, -0.2) is 98.8 Å². The van der Waals surface area contributed by atoms with E-state index >= 15 is 0 Å². The lowest BCUT2D eigenvalue weighted by molar-refractivity contribution is -0.372. The van der Waals surface area contributed by atoms with Gasteiger partial charge in [0.2, 0.25) is 0 Å². The monoisotopic (exact) mass is 362 g/mol. The van der Waals surface area contributed by atoms with Crippen LogP contribution in [0.5, 0.6) is 0 Å². The maximum absolute atomic E-state index is 11.0. The molecule has 1 aliphatic carbocycles. The second-order valence-corrected chi connectivity index (χ2v) is 7.72. The Hall–Kier alpha value is -0.400. The van der Waals surface area contributed by atoms with Crippen LogP contribution in [-0.2, 0) is 23.7 Å². The van der Waals surface area contributed by atoms with E-state index in [-0.39, 0.29) is 6.10 Å². The predicted octanol–water partition coefficient (Wildman–Crippen LogP) is -3.21. The van der Waals surface area contributed by atoms with Gasteiger partial charge in [-0.25, -0.2) is 0 Å². The molecule has 10 heteroatoms. The Labute approximate surface area is 142 Å². The van der Waals surface area contributed by atoms with E-state index in [0.29, 0.717) is 6.42 Å². The number of rotatable bonds is 3. The zero-order valence-corrected chi connectivity index (χ0v) is 13.5. The topological polar surface area (TPSA) is 151 Å². The molecule has 0 unspecified atom stereocenters. The molecule has 0 aromatic carbocycles. The van der Waals surface area contributed by atoms with Gasteiger partial charge in [-0.1, -0.05) is 0 Å². The molecule has 10 nitrogen and oxygen atoms in total. The number of aliphatic hydroxyl groups excluding tert-OH is 4. The lowest BCUT2D eigenvalue weighted by atomic mass is 9.80. The Kier molecular flexibility index (Phi) is 3.42. The van der Waals surface area contributed by atoms with Gasteiger partial charge in [0, 0.05) is 6.42 Å². The van der Waals surface area contributed by atoms with Gasteiger partial charge in [-0.15, -0.1) is 0 Å². The van der Waals surface area contributed by atoms with Gasteiger partial charge in [0.05, 0.1) is 12.5 Å². The van der Waals surface area contributed by atoms with Crippen LogP contribution in [0.3, 0.4) is 0 Å². The first kappa shape index (κ1) is 16.8. The second kappa shape index (κ2) is 5.10. The van der Waals surface area contributed by atoms with Crippen molar-refractivity contribution in [2.45, 2.75) is 80.0 Å². The Morgan fingerprint density at radius 2 is 1.76 bits per heavy atom. The third kappa shape index (κ3) is 2.03. The van der Waals surface area contributed by atoms with Crippen LogP contribution in [0, 0.1) is 5.92 Å². The van der Waals surface area contributed by atoms with Crippen LogP contribution in [0.1, 0.15) is 13.3 Å². The van der Waals surface area contributed by atoms with E-state index < -0.39 is 73.1 Å². The molecule has 5 fully saturated rings. The van der Waals surface area contributed by atoms with Crippen molar-refractivity contribution in [3.8, 4) is 0 Å². The van der Waals surface area contributed by atoms with E-state index in [1.807, 2.05) is 6.92 Å². The lowest BCUT2D eigenvalue weighted by Gasteiger charge is -2.45. The molecule has 4 aliphatic heterocycles. The van der Waals surface area contributed by atoms with Crippen LogP contribution in [0.2, 0.25) is 0 Å². The first-order valence-corrected chi connectivity index (χ1v) is 8.46. The quantitative estimate of drug-likeness (QED) is 0.325. The molecule has 12 atom stereocenters. The lowest BCUT2D eigenvalue weighted by Crippen LogP contribution is -2.62. The van der Waals surface area contributed by atoms with Gasteiger partial charge in [-0.2, -0.15) is 0 Å². The summed E-state index contributed by atoms with van der Waals surface area (Å²) < 4.78 is 28.3. The van der Waals surface area contributed by atoms with E-state index in [2.05, 4.69) is 0 Å². The summed E-state index contributed by atoms with van der Waals surface area (Å²) in [6, 6.07) is 0. The highest BCUT2D eigenvalue weighted by atomic mass is 16.8. The molecule has 5 rings (SSSR count). The summed E-state index contributed by atoms with van der Waals surface area (Å²) in [5, 5.41) is 50.2. The van der Waals surface area contributed by atoms with Crippen molar-refractivity contribution < 1.29 is 49.2 Å². The Bertz CT molecular complexity index is 573. The fourth-order valence-corrected chi connectivity index (χ4v) is 4.94. The summed E-state index contributed by atoms with van der Waals surface area (Å²) in [4.78, 5) is 0. The summed E-state index contributed by atoms with van der Waals surface area (Å²) in [6.45, 7) is 1.29. The Morgan fingerprint density at radius 3 is 2.48 bits per heavy atom. The summed E-state index contributed by atoms with van der Waals surface area (Å²) in [5.74, 6) is -0.555. The fraction of sp³-hybridized carbons (Fsp3) is 1.00. The SMILES string of the molecule is C[C@]12O[C@H]1[C@@H]1O[C@H]3C[C@]1(O)[C@@H]2[C@H](O[C@@H]1O[C@H](CO)[C@@H](O)[C@H](O)[C@H]1O)O3. The highest BCUT2D eigenvalue weighted by molar-refractivity contribution is 5.28. The summed E-state index contributed by atoms with van der Waals surface area (Å²) in [5.41, 5.74) is -1.82. The minimum absolute atomic E-state index is 0.239. The molecule has 0 radical (unpaired) electrons. The van der Waals surface area contributed by atoms with Crippen molar-refractivity contribution in [3.63, 3.8) is 0 Å². The summed E-state index contributed by atoms with van der Waals surface area (Å²) >= 11 is 0. The number of aliphatic hydroxyl groups is 5. The minimum atomic E-state index is -1.55. The average molecular weight is 362 g/mol. The van der Waals surface area contributed by atoms with Crippen LogP contribution < -0.4 is 0 Å². The molecule has 4 saturated heterocycles. The van der Waals surface area contributed by atoms with Crippen LogP contribution in [0.4, 0.5) is 0 Å². The molecular formula is C15H22O10. The van der Waals surface area contributed by atoms with Crippen LogP contribution >= 0.6 is 0 Å². The molecule has 4 heterocycles. The molecule has 142 valence electrons. The zero-order chi connectivity index (χ0) is 17.7. The largest absolute Gasteiger partial charge is 0.394 e. The highest BCUT2D eigenvalue weighted by Crippen LogP contribution is 2.66. The average Bonchev–Trinajstić information content (AvgIpc) is 3.07. The van der Waals surface area contributed by atoms with Gasteiger partial charge in [-0.05, 0) is 6.92 Å². The van der Waals surface area contributed by atoms with E-state index in [4.69, 9.17) is 23.7 Å². The molecule has 5 N–H and O–H groups in total. The zero-order valence-electron chi connectivity index (χ0n) is 13.5. The van der Waals surface area contributed by atoms with Gasteiger partial charge in [0.1, 0.15) is 47.8 Å². The van der Waals surface area contributed by atoms with E-state index in [1.165, 1.54) is 0 Å². The maximum atomic E-state index is 11.0. The van der Waals surface area contributed by atoms with E-state index in [0.717, 1.165) is 0 Å². The summed E-state index contributed by atoms with van der Waals surface area (Å²) in [7, 11) is 0. The number of ether oxygens (including phenoxy) is 5. The van der Waals surface area contributed by atoms with Gasteiger partial charge in [-0.3, -0.25) is 0 Å². The number of fused-ring (bicyclic) bond motifs is 4. The van der Waals surface area contributed by atoms with Gasteiger partial charge in [0.15, 0.2) is 18.9 Å². The molecule has 5 aliphatic rings. The molecule has 0 aromatic rings. The van der Waals surface area contributed by atoms with Crippen molar-refractivity contribution in [1.29, 1.82) is 0 Å². The molecule has 1 saturated carbocycles. The summed E-state index contributed by atoms with van der Waals surface area (Å²) in [6.07, 6.45) is -9.06. The first-order valence-electron chi connectivity index (χ1n) is 8.46. The van der Waals surface area contributed by atoms with Crippen LogP contribution in [0.15, 0.2) is 0 Å². The maximum Gasteiger partial charge on any atom is 0.189 e. The molecule has 0 amide bonds. The first-order chi connectivity index (χ1) is 11.8. The fourth-order valence-electron chi connectivity index (χ4n) is 4.94. The van der Waals surface area contributed by atoms with Gasteiger partial charge < -0.3 is 49.2 Å². The predicted molar refractivity (Wildman–Crippen MR) is 74.7 cm³/mol. The van der Waals surface area contributed by atoms with Crippen molar-refractivity contribution in [3.05, 3.63) is 0 Å². The van der Waals surface area contributed by atoms with Crippen molar-refractivity contribution in [2.24, 2.45) is 5.92 Å². The van der Waals surface area contributed by atoms with Gasteiger partial charge >= 0.3 is 0 Å². The number of hydrogen-bond donors (Lipinski definition) is 5. The Morgan fingerprint density at radius 1 is 1.00 bits per heavy atom. The van der Waals surface area contributed by atoms with Gasteiger partial charge in [0.25, 0.3) is 0 Å². The van der Waals surface area contributed by atoms with Crippen molar-refractivity contribution >= 4 is 0 Å². The van der Waals surface area contributed by atoms with E-state index in [9.17, 15) is 25.5 Å². The third-order valence-electron chi connectivity index (χ3n) is 6.28. The van der Waals surface area contributed by atoms with Crippen molar-refractivity contribution in [2.75, 3.05) is 6.61 Å². The molecular weight excluding hydrogens is 340 g/mol. The van der Waals surface area contributed by atoms with Crippen LogP contribution in [0.25, 0.3) is 0 Å². The molecule has 0 aromatic heterocycles. The highest BCUT2D eigenvalue weighted by Gasteiger charge is 2.83. The second-order valence-electron chi connectivity index (χ2n) is 7.72. The van der Waals surface area contributed by atoms with Crippen molar-refractivity contribution in [1.82, 2.24) is 0 Å². The molecule has 0 spiro atoms. The molecule has 25 heavy (non-hydrogen) atoms. The number of hydrogen-bond acceptors (Lipinski definition) is 10. The minimum Gasteiger partial charge on any atom is -0.394 e. The number of epoxide rings is 1.